The maximum absolute atomic E-state index is 11.7. The lowest BCUT2D eigenvalue weighted by atomic mass is 10.3. The molecule has 0 spiro atoms. The van der Waals surface area contributed by atoms with E-state index >= 15 is 0 Å². The number of carbonyl (C=O) groups excluding carboxylic acids is 2. The van der Waals surface area contributed by atoms with Crippen LogP contribution in [0.5, 0.6) is 0 Å². The summed E-state index contributed by atoms with van der Waals surface area (Å²) in [5.41, 5.74) is 0.736. The van der Waals surface area contributed by atoms with Gasteiger partial charge in [0.05, 0.1) is 15.7 Å². The Balaban J connectivity index is 2.12. The maximum Gasteiger partial charge on any atom is 0.359 e. The highest BCUT2D eigenvalue weighted by Crippen LogP contribution is 2.24. The Morgan fingerprint density at radius 2 is 2.05 bits per heavy atom. The monoisotopic (exact) mass is 327 g/mol. The van der Waals surface area contributed by atoms with Crippen LogP contribution >= 0.6 is 23.2 Å². The summed E-state index contributed by atoms with van der Waals surface area (Å²) in [5.74, 6) is -1.08. The topological polar surface area (TPSA) is 73.2 Å². The molecule has 1 N–H and O–H groups in total. The minimum atomic E-state index is -0.683. The predicted octanol–water partition coefficient (Wildman–Crippen LogP) is 2.08. The lowest BCUT2D eigenvalue weighted by molar-refractivity contribution is -0.123. The van der Waals surface area contributed by atoms with Crippen molar-refractivity contribution >= 4 is 35.1 Å². The van der Waals surface area contributed by atoms with Crippen LogP contribution in [0.1, 0.15) is 10.5 Å². The number of esters is 1. The van der Waals surface area contributed by atoms with Crippen LogP contribution in [-0.4, -0.2) is 35.3 Å². The first kappa shape index (κ1) is 15.3. The molecule has 2 aromatic rings. The fourth-order valence-corrected chi connectivity index (χ4v) is 1.77. The number of ether oxygens (including phenoxy) is 1. The quantitative estimate of drug-likeness (QED) is 0.872. The number of aromatic nitrogens is 2. The molecule has 0 unspecified atom stereocenters. The fourth-order valence-electron chi connectivity index (χ4n) is 1.48. The highest BCUT2D eigenvalue weighted by atomic mass is 35.5. The average Bonchev–Trinajstić information content (AvgIpc) is 2.97. The molecule has 1 heterocycles. The predicted molar refractivity (Wildman–Crippen MR) is 77.9 cm³/mol. The molecule has 0 saturated heterocycles. The van der Waals surface area contributed by atoms with E-state index in [0.717, 1.165) is 0 Å². The lowest BCUT2D eigenvalue weighted by Crippen LogP contribution is -2.25. The smallest absolute Gasteiger partial charge is 0.359 e. The standard InChI is InChI=1S/C13H11Cl2N3O3/c1-16-12(19)7-21-13(20)11-4-5-18(17-11)8-2-3-9(14)10(15)6-8/h2-6H,7H2,1H3,(H,16,19). The molecule has 110 valence electrons. The second-order valence-electron chi connectivity index (χ2n) is 3.99. The Morgan fingerprint density at radius 3 is 2.71 bits per heavy atom. The van der Waals surface area contributed by atoms with E-state index in [4.69, 9.17) is 27.9 Å². The van der Waals surface area contributed by atoms with Crippen molar-refractivity contribution in [1.29, 1.82) is 0 Å². The third kappa shape index (κ3) is 3.74. The van der Waals surface area contributed by atoms with Gasteiger partial charge in [0.1, 0.15) is 0 Å². The van der Waals surface area contributed by atoms with Crippen molar-refractivity contribution in [3.05, 3.63) is 46.2 Å². The van der Waals surface area contributed by atoms with Gasteiger partial charge >= 0.3 is 5.97 Å². The van der Waals surface area contributed by atoms with Crippen LogP contribution in [0.25, 0.3) is 5.69 Å². The largest absolute Gasteiger partial charge is 0.451 e. The second kappa shape index (κ2) is 6.60. The Labute approximate surface area is 130 Å². The summed E-state index contributed by atoms with van der Waals surface area (Å²) in [6, 6.07) is 6.44. The van der Waals surface area contributed by atoms with E-state index in [1.165, 1.54) is 17.8 Å². The van der Waals surface area contributed by atoms with Gasteiger partial charge in [-0.25, -0.2) is 9.48 Å². The number of likely N-dealkylation sites (N-methyl/N-ethyl adjacent to an activating group) is 1. The number of halogens is 2. The Hall–Kier alpha value is -2.05. The highest BCUT2D eigenvalue weighted by Gasteiger charge is 2.13. The molecule has 1 aromatic carbocycles. The Kier molecular flexibility index (Phi) is 4.82. The van der Waals surface area contributed by atoms with Gasteiger partial charge in [-0.15, -0.1) is 0 Å². The molecule has 0 atom stereocenters. The van der Waals surface area contributed by atoms with Crippen molar-refractivity contribution in [3.63, 3.8) is 0 Å². The molecular weight excluding hydrogens is 317 g/mol. The Morgan fingerprint density at radius 1 is 1.29 bits per heavy atom. The molecule has 21 heavy (non-hydrogen) atoms. The summed E-state index contributed by atoms with van der Waals surface area (Å²) in [5, 5.41) is 7.22. The highest BCUT2D eigenvalue weighted by molar-refractivity contribution is 6.42. The minimum absolute atomic E-state index is 0.0879. The van der Waals surface area contributed by atoms with Crippen molar-refractivity contribution in [2.75, 3.05) is 13.7 Å². The van der Waals surface area contributed by atoms with Crippen LogP contribution in [-0.2, 0) is 9.53 Å². The van der Waals surface area contributed by atoms with Gasteiger partial charge in [-0.1, -0.05) is 23.2 Å². The number of benzene rings is 1. The van der Waals surface area contributed by atoms with Gasteiger partial charge in [0.15, 0.2) is 12.3 Å². The minimum Gasteiger partial charge on any atom is -0.451 e. The number of hydrogen-bond acceptors (Lipinski definition) is 4. The zero-order chi connectivity index (χ0) is 15.4. The molecule has 0 bridgehead atoms. The lowest BCUT2D eigenvalue weighted by Gasteiger charge is -2.03. The van der Waals surface area contributed by atoms with Gasteiger partial charge in [0.25, 0.3) is 5.91 Å². The zero-order valence-corrected chi connectivity index (χ0v) is 12.5. The fraction of sp³-hybridized carbons (Fsp3) is 0.154. The van der Waals surface area contributed by atoms with Gasteiger partial charge in [0, 0.05) is 13.2 Å². The zero-order valence-electron chi connectivity index (χ0n) is 11.0. The summed E-state index contributed by atoms with van der Waals surface area (Å²) in [4.78, 5) is 22.7. The second-order valence-corrected chi connectivity index (χ2v) is 4.81. The number of amides is 1. The molecule has 1 aromatic heterocycles. The van der Waals surface area contributed by atoms with Gasteiger partial charge in [0.2, 0.25) is 0 Å². The van der Waals surface area contributed by atoms with Crippen LogP contribution in [0.4, 0.5) is 0 Å². The number of hydrogen-bond donors (Lipinski definition) is 1. The van der Waals surface area contributed by atoms with E-state index in [1.54, 1.807) is 24.4 Å². The van der Waals surface area contributed by atoms with E-state index in [2.05, 4.69) is 10.4 Å². The van der Waals surface area contributed by atoms with Crippen molar-refractivity contribution < 1.29 is 14.3 Å². The molecule has 8 heteroatoms. The van der Waals surface area contributed by atoms with E-state index in [-0.39, 0.29) is 12.3 Å². The summed E-state index contributed by atoms with van der Waals surface area (Å²) < 4.78 is 6.26. The summed E-state index contributed by atoms with van der Waals surface area (Å²) in [7, 11) is 1.45. The van der Waals surface area contributed by atoms with Crippen LogP contribution in [0.2, 0.25) is 10.0 Å². The normalized spacial score (nSPS) is 10.2. The van der Waals surface area contributed by atoms with Gasteiger partial charge in [-0.05, 0) is 24.3 Å². The SMILES string of the molecule is CNC(=O)COC(=O)c1ccn(-c2ccc(Cl)c(Cl)c2)n1. The molecule has 0 radical (unpaired) electrons. The van der Waals surface area contributed by atoms with Crippen LogP contribution in [0.15, 0.2) is 30.5 Å². The summed E-state index contributed by atoms with van der Waals surface area (Å²) in [6.07, 6.45) is 1.58. The molecule has 0 aliphatic rings. The third-order valence-electron chi connectivity index (χ3n) is 2.58. The van der Waals surface area contributed by atoms with Gasteiger partial charge < -0.3 is 10.1 Å². The molecular formula is C13H11Cl2N3O3. The molecule has 0 aliphatic carbocycles. The summed E-state index contributed by atoms with van der Waals surface area (Å²) >= 11 is 11.8. The third-order valence-corrected chi connectivity index (χ3v) is 3.32. The molecule has 0 aliphatic heterocycles. The number of carbonyl (C=O) groups is 2. The van der Waals surface area contributed by atoms with Gasteiger partial charge in [-0.2, -0.15) is 5.10 Å². The first-order chi connectivity index (χ1) is 10.0. The number of rotatable bonds is 4. The first-order valence-electron chi connectivity index (χ1n) is 5.90. The van der Waals surface area contributed by atoms with E-state index in [0.29, 0.717) is 15.7 Å². The Bertz CT molecular complexity index is 685. The van der Waals surface area contributed by atoms with E-state index < -0.39 is 11.9 Å². The molecule has 2 rings (SSSR count). The number of nitrogens with zero attached hydrogens (tertiary/aromatic N) is 2. The molecule has 6 nitrogen and oxygen atoms in total. The van der Waals surface area contributed by atoms with E-state index in [1.807, 2.05) is 0 Å². The van der Waals surface area contributed by atoms with Crippen LogP contribution in [0, 0.1) is 0 Å². The van der Waals surface area contributed by atoms with Crippen molar-refractivity contribution in [3.8, 4) is 5.69 Å². The van der Waals surface area contributed by atoms with Crippen LogP contribution < -0.4 is 5.32 Å². The van der Waals surface area contributed by atoms with Crippen molar-refractivity contribution in [1.82, 2.24) is 15.1 Å². The molecule has 1 amide bonds. The molecule has 0 saturated carbocycles. The van der Waals surface area contributed by atoms with Crippen LogP contribution in [0.3, 0.4) is 0 Å². The maximum atomic E-state index is 11.7. The summed E-state index contributed by atoms with van der Waals surface area (Å²) in [6.45, 7) is -0.352. The average molecular weight is 328 g/mol. The van der Waals surface area contributed by atoms with Crippen molar-refractivity contribution in [2.45, 2.75) is 0 Å². The number of nitrogens with one attached hydrogen (secondary N) is 1. The first-order valence-corrected chi connectivity index (χ1v) is 6.65. The van der Waals surface area contributed by atoms with Gasteiger partial charge in [-0.3, -0.25) is 4.79 Å². The van der Waals surface area contributed by atoms with Crippen molar-refractivity contribution in [2.24, 2.45) is 0 Å². The molecule has 0 fully saturated rings. The van der Waals surface area contributed by atoms with E-state index in [9.17, 15) is 9.59 Å².